The number of nitrogens with zero attached hydrogens (tertiary/aromatic N) is 2. The third-order valence-corrected chi connectivity index (χ3v) is 5.38. The zero-order valence-electron chi connectivity index (χ0n) is 16.4. The Hall–Kier alpha value is -0.0400. The Balaban J connectivity index is 0.00000288. The molecule has 0 aromatic rings. The monoisotopic (exact) mass is 450 g/mol. The van der Waals surface area contributed by atoms with Crippen LogP contribution in [0.25, 0.3) is 0 Å². The molecule has 0 aromatic heterocycles. The normalized spacial score (nSPS) is 28.2. The van der Waals surface area contributed by atoms with E-state index < -0.39 is 0 Å². The second-order valence-corrected chi connectivity index (χ2v) is 8.64. The molecule has 2 fully saturated rings. The summed E-state index contributed by atoms with van der Waals surface area (Å²) in [6.45, 7) is 10.9. The molecule has 2 N–H and O–H groups in total. The van der Waals surface area contributed by atoms with Crippen LogP contribution in [0.5, 0.6) is 0 Å². The molecule has 4 nitrogen and oxygen atoms in total. The van der Waals surface area contributed by atoms with Crippen LogP contribution in [0.15, 0.2) is 4.99 Å². The number of halogens is 1. The fourth-order valence-corrected chi connectivity index (χ4v) is 4.05. The van der Waals surface area contributed by atoms with Gasteiger partial charge in [-0.05, 0) is 57.9 Å². The van der Waals surface area contributed by atoms with E-state index >= 15 is 0 Å². The number of rotatable bonds is 5. The van der Waals surface area contributed by atoms with Gasteiger partial charge in [-0.1, -0.05) is 27.2 Å². The molecule has 5 heteroatoms. The second-order valence-electron chi connectivity index (χ2n) is 8.64. The molecule has 0 aromatic carbocycles. The standard InChI is InChI=1S/C19H38N4.HI/c1-6-20-18(21-12-8-11-19(2,3)4)22-15-13-16-9-7-10-17(14-15)23(16)5;/h15-17H,6-14H2,1-5H3,(H2,20,21,22);1H. The first-order valence-electron chi connectivity index (χ1n) is 9.66. The number of piperidine rings is 2. The number of fused-ring (bicyclic) bond motifs is 2. The summed E-state index contributed by atoms with van der Waals surface area (Å²) in [7, 11) is 2.32. The summed E-state index contributed by atoms with van der Waals surface area (Å²) in [6.07, 6.45) is 9.06. The molecule has 2 rings (SSSR count). The highest BCUT2D eigenvalue weighted by Gasteiger charge is 2.36. The fourth-order valence-electron chi connectivity index (χ4n) is 4.05. The lowest BCUT2D eigenvalue weighted by molar-refractivity contribution is 0.0526. The Morgan fingerprint density at radius 1 is 1.17 bits per heavy atom. The van der Waals surface area contributed by atoms with E-state index in [1.165, 1.54) is 44.9 Å². The van der Waals surface area contributed by atoms with Crippen molar-refractivity contribution in [2.45, 2.75) is 90.8 Å². The SMILES string of the molecule is CCNC(=NCCCC(C)(C)C)NC1CC2CCCC(C1)N2C.I. The van der Waals surface area contributed by atoms with Crippen LogP contribution in [-0.2, 0) is 0 Å². The van der Waals surface area contributed by atoms with Crippen molar-refractivity contribution >= 4 is 29.9 Å². The van der Waals surface area contributed by atoms with Gasteiger partial charge >= 0.3 is 0 Å². The predicted molar refractivity (Wildman–Crippen MR) is 115 cm³/mol. The van der Waals surface area contributed by atoms with Crippen LogP contribution in [0.3, 0.4) is 0 Å². The van der Waals surface area contributed by atoms with E-state index in [1.54, 1.807) is 0 Å². The highest BCUT2D eigenvalue weighted by atomic mass is 127. The Kier molecular flexibility index (Phi) is 9.34. The van der Waals surface area contributed by atoms with E-state index in [0.717, 1.165) is 31.1 Å². The lowest BCUT2D eigenvalue weighted by atomic mass is 9.82. The van der Waals surface area contributed by atoms with Gasteiger partial charge in [0.1, 0.15) is 0 Å². The molecule has 0 aliphatic carbocycles. The Bertz CT molecular complexity index is 377. The predicted octanol–water partition coefficient (Wildman–Crippen LogP) is 4.00. The van der Waals surface area contributed by atoms with Crippen LogP contribution in [-0.4, -0.2) is 49.1 Å². The summed E-state index contributed by atoms with van der Waals surface area (Å²) in [5.41, 5.74) is 0.409. The van der Waals surface area contributed by atoms with Crippen molar-refractivity contribution in [3.63, 3.8) is 0 Å². The van der Waals surface area contributed by atoms with E-state index in [1.807, 2.05) is 0 Å². The number of hydrogen-bond donors (Lipinski definition) is 2. The van der Waals surface area contributed by atoms with Crippen molar-refractivity contribution < 1.29 is 0 Å². The third-order valence-electron chi connectivity index (χ3n) is 5.38. The van der Waals surface area contributed by atoms with Gasteiger partial charge in [-0.2, -0.15) is 0 Å². The minimum absolute atomic E-state index is 0. The summed E-state index contributed by atoms with van der Waals surface area (Å²) < 4.78 is 0. The van der Waals surface area contributed by atoms with Crippen LogP contribution < -0.4 is 10.6 Å². The van der Waals surface area contributed by atoms with Crippen LogP contribution >= 0.6 is 24.0 Å². The summed E-state index contributed by atoms with van der Waals surface area (Å²) in [6, 6.07) is 2.12. The summed E-state index contributed by atoms with van der Waals surface area (Å²) >= 11 is 0. The van der Waals surface area contributed by atoms with Gasteiger partial charge in [-0.25, -0.2) is 0 Å². The molecule has 0 saturated carbocycles. The number of guanidine groups is 1. The molecule has 2 atom stereocenters. The molecule has 142 valence electrons. The average molecular weight is 450 g/mol. The quantitative estimate of drug-likeness (QED) is 0.288. The smallest absolute Gasteiger partial charge is 0.191 e. The summed E-state index contributed by atoms with van der Waals surface area (Å²) in [4.78, 5) is 7.42. The Morgan fingerprint density at radius 2 is 1.79 bits per heavy atom. The van der Waals surface area contributed by atoms with E-state index in [-0.39, 0.29) is 24.0 Å². The largest absolute Gasteiger partial charge is 0.357 e. The van der Waals surface area contributed by atoms with Crippen molar-refractivity contribution in [3.05, 3.63) is 0 Å². The molecule has 2 bridgehead atoms. The number of nitrogens with one attached hydrogen (secondary N) is 2. The van der Waals surface area contributed by atoms with E-state index in [2.05, 4.69) is 50.3 Å². The van der Waals surface area contributed by atoms with Gasteiger partial charge < -0.3 is 15.5 Å². The van der Waals surface area contributed by atoms with Crippen molar-refractivity contribution in [3.8, 4) is 0 Å². The second kappa shape index (κ2) is 10.2. The molecule has 24 heavy (non-hydrogen) atoms. The fraction of sp³-hybridized carbons (Fsp3) is 0.947. The van der Waals surface area contributed by atoms with Crippen molar-refractivity contribution in [2.75, 3.05) is 20.1 Å². The molecular formula is C19H39IN4. The maximum absolute atomic E-state index is 4.80. The topological polar surface area (TPSA) is 39.7 Å². The number of aliphatic imine (C=N–C) groups is 1. The molecule has 2 aliphatic heterocycles. The lowest BCUT2D eigenvalue weighted by Gasteiger charge is -2.47. The maximum atomic E-state index is 4.80. The van der Waals surface area contributed by atoms with Gasteiger partial charge in [0.25, 0.3) is 0 Å². The third kappa shape index (κ3) is 7.06. The van der Waals surface area contributed by atoms with Crippen molar-refractivity contribution in [1.29, 1.82) is 0 Å². The van der Waals surface area contributed by atoms with Gasteiger partial charge in [0.15, 0.2) is 5.96 Å². The van der Waals surface area contributed by atoms with Crippen molar-refractivity contribution in [2.24, 2.45) is 10.4 Å². The first-order valence-corrected chi connectivity index (χ1v) is 9.66. The molecule has 0 amide bonds. The molecule has 2 heterocycles. The first kappa shape index (κ1) is 22.0. The highest BCUT2D eigenvalue weighted by Crippen LogP contribution is 2.32. The maximum Gasteiger partial charge on any atom is 0.191 e. The molecule has 2 saturated heterocycles. The molecule has 0 spiro atoms. The van der Waals surface area contributed by atoms with Crippen LogP contribution in [0.4, 0.5) is 0 Å². The van der Waals surface area contributed by atoms with Gasteiger partial charge in [0.05, 0.1) is 0 Å². The molecule has 0 radical (unpaired) electrons. The minimum Gasteiger partial charge on any atom is -0.357 e. The lowest BCUT2D eigenvalue weighted by Crippen LogP contribution is -2.56. The van der Waals surface area contributed by atoms with Crippen LogP contribution in [0, 0.1) is 5.41 Å². The molecule has 2 unspecified atom stereocenters. The van der Waals surface area contributed by atoms with Gasteiger partial charge in [0, 0.05) is 31.2 Å². The van der Waals surface area contributed by atoms with Crippen LogP contribution in [0.1, 0.15) is 72.6 Å². The summed E-state index contributed by atoms with van der Waals surface area (Å²) in [5.74, 6) is 1.02. The molecule has 2 aliphatic rings. The van der Waals surface area contributed by atoms with E-state index in [0.29, 0.717) is 11.5 Å². The van der Waals surface area contributed by atoms with Crippen molar-refractivity contribution in [1.82, 2.24) is 15.5 Å². The molecular weight excluding hydrogens is 411 g/mol. The van der Waals surface area contributed by atoms with Gasteiger partial charge in [-0.3, -0.25) is 4.99 Å². The Labute approximate surface area is 166 Å². The van der Waals surface area contributed by atoms with Gasteiger partial charge in [0.2, 0.25) is 0 Å². The van der Waals surface area contributed by atoms with Crippen LogP contribution in [0.2, 0.25) is 0 Å². The van der Waals surface area contributed by atoms with E-state index in [4.69, 9.17) is 4.99 Å². The first-order chi connectivity index (χ1) is 10.9. The zero-order valence-corrected chi connectivity index (χ0v) is 18.7. The summed E-state index contributed by atoms with van der Waals surface area (Å²) in [5, 5.41) is 7.15. The highest BCUT2D eigenvalue weighted by molar-refractivity contribution is 14.0. The van der Waals surface area contributed by atoms with Gasteiger partial charge in [-0.15, -0.1) is 24.0 Å². The Morgan fingerprint density at radius 3 is 2.33 bits per heavy atom. The van der Waals surface area contributed by atoms with E-state index in [9.17, 15) is 0 Å². The minimum atomic E-state index is 0. The zero-order chi connectivity index (χ0) is 16.9. The number of hydrogen-bond acceptors (Lipinski definition) is 2. The average Bonchev–Trinajstić information content (AvgIpc) is 2.44.